The van der Waals surface area contributed by atoms with Crippen LogP contribution in [0.15, 0.2) is 48.5 Å². The topological polar surface area (TPSA) is 88.3 Å². The number of amides is 1. The van der Waals surface area contributed by atoms with E-state index >= 15 is 0 Å². The molecule has 1 unspecified atom stereocenters. The molecule has 1 aromatic heterocycles. The zero-order valence-electron chi connectivity index (χ0n) is 17.7. The fourth-order valence-corrected chi connectivity index (χ4v) is 3.60. The number of hydrogen-bond acceptors (Lipinski definition) is 4. The second-order valence-electron chi connectivity index (χ2n) is 7.86. The van der Waals surface area contributed by atoms with Crippen molar-refractivity contribution in [3.63, 3.8) is 0 Å². The quantitative estimate of drug-likeness (QED) is 0.392. The average Bonchev–Trinajstić information content (AvgIpc) is 3.07. The Kier molecular flexibility index (Phi) is 7.13. The summed E-state index contributed by atoms with van der Waals surface area (Å²) in [6.07, 6.45) is 0.387. The molecule has 3 rings (SSSR count). The van der Waals surface area contributed by atoms with E-state index in [1.807, 2.05) is 45.0 Å². The molecule has 31 heavy (non-hydrogen) atoms. The van der Waals surface area contributed by atoms with Crippen molar-refractivity contribution < 1.29 is 19.1 Å². The van der Waals surface area contributed by atoms with Crippen LogP contribution < -0.4 is 5.32 Å². The van der Waals surface area contributed by atoms with Gasteiger partial charge in [-0.25, -0.2) is 4.79 Å². The third-order valence-electron chi connectivity index (χ3n) is 4.92. The molecule has 1 atom stereocenters. The molecule has 0 aliphatic carbocycles. The summed E-state index contributed by atoms with van der Waals surface area (Å²) in [5.41, 5.74) is 2.46. The molecule has 0 saturated carbocycles. The van der Waals surface area contributed by atoms with Gasteiger partial charge < -0.3 is 15.0 Å². The zero-order valence-corrected chi connectivity index (χ0v) is 18.5. The van der Waals surface area contributed by atoms with Gasteiger partial charge in [0.2, 0.25) is 5.78 Å². The van der Waals surface area contributed by atoms with Crippen molar-refractivity contribution in [2.24, 2.45) is 5.92 Å². The van der Waals surface area contributed by atoms with Gasteiger partial charge in [0.05, 0.1) is 0 Å². The van der Waals surface area contributed by atoms with Gasteiger partial charge in [-0.15, -0.1) is 0 Å². The van der Waals surface area contributed by atoms with Crippen molar-refractivity contribution >= 4 is 40.2 Å². The molecule has 7 heteroatoms. The van der Waals surface area contributed by atoms with Crippen molar-refractivity contribution in [2.75, 3.05) is 6.61 Å². The number of esters is 1. The maximum absolute atomic E-state index is 12.8. The Labute approximate surface area is 185 Å². The van der Waals surface area contributed by atoms with E-state index in [-0.39, 0.29) is 11.7 Å². The number of H-pyrrole nitrogens is 1. The van der Waals surface area contributed by atoms with Gasteiger partial charge >= 0.3 is 5.97 Å². The van der Waals surface area contributed by atoms with Crippen LogP contribution in [0.4, 0.5) is 0 Å². The van der Waals surface area contributed by atoms with Crippen LogP contribution in [0.3, 0.4) is 0 Å². The number of ether oxygens (including phenoxy) is 1. The standard InChI is InChI=1S/C24H25ClN2O4/c1-14(2)12-20(27-23(29)16-8-10-17(25)11-9-16)24(30)31-13-21(28)22-15(3)26-19-7-5-4-6-18(19)22/h4-11,14,20,26H,12-13H2,1-3H3,(H,27,29). The smallest absolute Gasteiger partial charge is 0.329 e. The van der Waals surface area contributed by atoms with Gasteiger partial charge in [0.25, 0.3) is 5.91 Å². The third kappa shape index (κ3) is 5.52. The molecule has 1 amide bonds. The highest BCUT2D eigenvalue weighted by Crippen LogP contribution is 2.22. The molecule has 0 bridgehead atoms. The number of ketones is 1. The number of fused-ring (bicyclic) bond motifs is 1. The molecule has 2 aromatic carbocycles. The van der Waals surface area contributed by atoms with Gasteiger partial charge in [-0.1, -0.05) is 43.6 Å². The second-order valence-corrected chi connectivity index (χ2v) is 8.30. The molecular weight excluding hydrogens is 416 g/mol. The molecule has 0 aliphatic heterocycles. The van der Waals surface area contributed by atoms with Gasteiger partial charge in [-0.05, 0) is 49.6 Å². The molecule has 3 aromatic rings. The Morgan fingerprint density at radius 1 is 1.06 bits per heavy atom. The van der Waals surface area contributed by atoms with E-state index in [9.17, 15) is 14.4 Å². The summed E-state index contributed by atoms with van der Waals surface area (Å²) in [6.45, 7) is 5.29. The predicted molar refractivity (Wildman–Crippen MR) is 120 cm³/mol. The minimum Gasteiger partial charge on any atom is -0.456 e. The normalized spacial score (nSPS) is 12.0. The van der Waals surface area contributed by atoms with E-state index in [1.54, 1.807) is 24.3 Å². The lowest BCUT2D eigenvalue weighted by Gasteiger charge is -2.19. The molecule has 0 spiro atoms. The third-order valence-corrected chi connectivity index (χ3v) is 5.17. The summed E-state index contributed by atoms with van der Waals surface area (Å²) in [5, 5.41) is 4.01. The SMILES string of the molecule is Cc1[nH]c2ccccc2c1C(=O)COC(=O)C(CC(C)C)NC(=O)c1ccc(Cl)cc1. The van der Waals surface area contributed by atoms with Crippen LogP contribution in [0, 0.1) is 12.8 Å². The first kappa shape index (κ1) is 22.6. The van der Waals surface area contributed by atoms with E-state index in [2.05, 4.69) is 10.3 Å². The summed E-state index contributed by atoms with van der Waals surface area (Å²) < 4.78 is 5.31. The summed E-state index contributed by atoms with van der Waals surface area (Å²) in [7, 11) is 0. The molecule has 2 N–H and O–H groups in total. The molecular formula is C24H25ClN2O4. The largest absolute Gasteiger partial charge is 0.456 e. The Morgan fingerprint density at radius 3 is 2.42 bits per heavy atom. The van der Waals surface area contributed by atoms with Gasteiger partial charge in [0, 0.05) is 32.7 Å². The van der Waals surface area contributed by atoms with Crippen molar-refractivity contribution in [2.45, 2.75) is 33.2 Å². The second kappa shape index (κ2) is 9.79. The fourth-order valence-electron chi connectivity index (χ4n) is 3.47. The number of hydrogen-bond donors (Lipinski definition) is 2. The molecule has 0 aliphatic rings. The molecule has 0 radical (unpaired) electrons. The van der Waals surface area contributed by atoms with Crippen LogP contribution in [0.1, 0.15) is 46.7 Å². The first-order chi connectivity index (χ1) is 14.8. The lowest BCUT2D eigenvalue weighted by molar-refractivity contribution is -0.145. The van der Waals surface area contributed by atoms with Crippen LogP contribution >= 0.6 is 11.6 Å². The molecule has 0 fully saturated rings. The number of aromatic nitrogens is 1. The summed E-state index contributed by atoms with van der Waals surface area (Å²) >= 11 is 5.86. The monoisotopic (exact) mass is 440 g/mol. The molecule has 0 saturated heterocycles. The maximum atomic E-state index is 12.8. The maximum Gasteiger partial charge on any atom is 0.329 e. The molecule has 162 valence electrons. The number of Topliss-reactive ketones (excluding diaryl/α,β-unsaturated/α-hetero) is 1. The first-order valence-corrected chi connectivity index (χ1v) is 10.5. The van der Waals surface area contributed by atoms with E-state index in [0.29, 0.717) is 22.6 Å². The fraction of sp³-hybridized carbons (Fsp3) is 0.292. The summed E-state index contributed by atoms with van der Waals surface area (Å²) in [6, 6.07) is 13.0. The van der Waals surface area contributed by atoms with E-state index < -0.39 is 24.5 Å². The summed E-state index contributed by atoms with van der Waals surface area (Å²) in [5.74, 6) is -1.20. The highest BCUT2D eigenvalue weighted by atomic mass is 35.5. The van der Waals surface area contributed by atoms with Crippen molar-refractivity contribution in [3.05, 3.63) is 70.4 Å². The number of benzene rings is 2. The zero-order chi connectivity index (χ0) is 22.5. The Hall–Kier alpha value is -3.12. The van der Waals surface area contributed by atoms with Gasteiger partial charge in [0.15, 0.2) is 6.61 Å². The van der Waals surface area contributed by atoms with Gasteiger partial charge in [0.1, 0.15) is 6.04 Å². The van der Waals surface area contributed by atoms with Crippen LogP contribution in [-0.2, 0) is 9.53 Å². The van der Waals surface area contributed by atoms with Crippen LogP contribution in [0.5, 0.6) is 0 Å². The van der Waals surface area contributed by atoms with Crippen LogP contribution in [0.25, 0.3) is 10.9 Å². The number of carbonyl (C=O) groups is 3. The number of aromatic amines is 1. The van der Waals surface area contributed by atoms with Crippen molar-refractivity contribution in [1.29, 1.82) is 0 Å². The van der Waals surface area contributed by atoms with Gasteiger partial charge in [-0.3, -0.25) is 9.59 Å². The minimum atomic E-state index is -0.861. The number of nitrogens with one attached hydrogen (secondary N) is 2. The molecule has 1 heterocycles. The minimum absolute atomic E-state index is 0.134. The van der Waals surface area contributed by atoms with Gasteiger partial charge in [-0.2, -0.15) is 0 Å². The highest BCUT2D eigenvalue weighted by molar-refractivity contribution is 6.30. The van der Waals surface area contributed by atoms with E-state index in [0.717, 1.165) is 16.6 Å². The van der Waals surface area contributed by atoms with E-state index in [1.165, 1.54) is 0 Å². The predicted octanol–water partition coefficient (Wildman–Crippen LogP) is 4.70. The van der Waals surface area contributed by atoms with E-state index in [4.69, 9.17) is 16.3 Å². The Morgan fingerprint density at radius 2 is 1.74 bits per heavy atom. The van der Waals surface area contributed by atoms with Crippen molar-refractivity contribution in [3.8, 4) is 0 Å². The summed E-state index contributed by atoms with van der Waals surface area (Å²) in [4.78, 5) is 41.2. The van der Waals surface area contributed by atoms with Crippen LogP contribution in [-0.4, -0.2) is 35.3 Å². The van der Waals surface area contributed by atoms with Crippen molar-refractivity contribution in [1.82, 2.24) is 10.3 Å². The lowest BCUT2D eigenvalue weighted by atomic mass is 10.0. The number of para-hydroxylation sites is 1. The highest BCUT2D eigenvalue weighted by Gasteiger charge is 2.26. The number of rotatable bonds is 8. The van der Waals surface area contributed by atoms with Crippen LogP contribution in [0.2, 0.25) is 5.02 Å². The number of carbonyl (C=O) groups excluding carboxylic acids is 3. The average molecular weight is 441 g/mol. The number of halogens is 1. The molecule has 6 nitrogen and oxygen atoms in total. The number of aryl methyl sites for hydroxylation is 1. The first-order valence-electron chi connectivity index (χ1n) is 10.1. The Bertz CT molecular complexity index is 1100. The Balaban J connectivity index is 1.68. The lowest BCUT2D eigenvalue weighted by Crippen LogP contribution is -2.43.